The van der Waals surface area contributed by atoms with Gasteiger partial charge in [-0.15, -0.1) is 5.10 Å². The predicted octanol–water partition coefficient (Wildman–Crippen LogP) is 1.50. The topological polar surface area (TPSA) is 99.1 Å². The van der Waals surface area contributed by atoms with E-state index in [1.807, 2.05) is 0 Å². The maximum atomic E-state index is 12.0. The molecule has 1 aromatic carbocycles. The van der Waals surface area contributed by atoms with Crippen molar-refractivity contribution in [2.45, 2.75) is 24.0 Å². The molecule has 0 spiro atoms. The number of hydrogen-bond donors (Lipinski definition) is 1. The number of rotatable bonds is 3. The maximum Gasteiger partial charge on any atom is 0.313 e. The summed E-state index contributed by atoms with van der Waals surface area (Å²) >= 11 is 0. The van der Waals surface area contributed by atoms with Crippen LogP contribution < -0.4 is 5.73 Å². The minimum absolute atomic E-state index is 0.0536. The van der Waals surface area contributed by atoms with Crippen LogP contribution in [0.1, 0.15) is 13.8 Å². The molecule has 2 aromatic rings. The Hall–Kier alpha value is -1.89. The monoisotopic (exact) mass is 267 g/mol. The first-order chi connectivity index (χ1) is 8.41. The Kier molecular flexibility index (Phi) is 3.08. The lowest BCUT2D eigenvalue weighted by molar-refractivity contribution is 0.586. The molecule has 1 aromatic heterocycles. The molecule has 2 N–H and O–H groups in total. The van der Waals surface area contributed by atoms with Gasteiger partial charge in [0, 0.05) is 5.56 Å². The van der Waals surface area contributed by atoms with Crippen molar-refractivity contribution >= 4 is 15.9 Å². The van der Waals surface area contributed by atoms with Gasteiger partial charge in [0.05, 0.1) is 10.1 Å². The Labute approximate surface area is 105 Å². The van der Waals surface area contributed by atoms with Gasteiger partial charge in [-0.25, -0.2) is 8.42 Å². The molecule has 0 atom stereocenters. The molecule has 2 rings (SSSR count). The highest BCUT2D eigenvalue weighted by molar-refractivity contribution is 7.92. The van der Waals surface area contributed by atoms with Gasteiger partial charge in [-0.3, -0.25) is 0 Å². The van der Waals surface area contributed by atoms with Crippen molar-refractivity contribution in [2.75, 3.05) is 5.73 Å². The first kappa shape index (κ1) is 12.6. The van der Waals surface area contributed by atoms with Crippen molar-refractivity contribution in [3.8, 4) is 11.5 Å². The Morgan fingerprint density at radius 1 is 1.28 bits per heavy atom. The summed E-state index contributed by atoms with van der Waals surface area (Å²) in [6.45, 7) is 3.26. The highest BCUT2D eigenvalue weighted by Gasteiger charge is 2.20. The molecule has 0 saturated carbocycles. The smallest absolute Gasteiger partial charge is 0.313 e. The molecular formula is C11H13N3O3S. The number of benzene rings is 1. The highest BCUT2D eigenvalue weighted by atomic mass is 32.2. The average Bonchev–Trinajstić information content (AvgIpc) is 2.76. The fraction of sp³-hybridized carbons (Fsp3) is 0.273. The quantitative estimate of drug-likeness (QED) is 0.904. The number of anilines is 1. The first-order valence-corrected chi connectivity index (χ1v) is 6.89. The van der Waals surface area contributed by atoms with Gasteiger partial charge in [0.2, 0.25) is 5.89 Å². The second kappa shape index (κ2) is 4.41. The molecule has 0 amide bonds. The Morgan fingerprint density at radius 2 is 2.00 bits per heavy atom. The van der Waals surface area contributed by atoms with Crippen LogP contribution in [0.5, 0.6) is 0 Å². The van der Waals surface area contributed by atoms with Gasteiger partial charge in [0.15, 0.2) is 9.84 Å². The Balaban J connectivity index is 2.49. The largest absolute Gasteiger partial charge is 0.404 e. The molecule has 0 aliphatic rings. The molecule has 0 unspecified atom stereocenters. The van der Waals surface area contributed by atoms with E-state index < -0.39 is 15.1 Å². The second-order valence-electron chi connectivity index (χ2n) is 4.07. The van der Waals surface area contributed by atoms with Crippen molar-refractivity contribution < 1.29 is 12.8 Å². The highest BCUT2D eigenvalue weighted by Crippen LogP contribution is 2.23. The number of nitrogens with two attached hydrogens (primary N) is 1. The summed E-state index contributed by atoms with van der Waals surface area (Å²) in [5, 5.41) is 6.76. The van der Waals surface area contributed by atoms with Gasteiger partial charge in [0.1, 0.15) is 0 Å². The van der Waals surface area contributed by atoms with Gasteiger partial charge in [0.25, 0.3) is 0 Å². The predicted molar refractivity (Wildman–Crippen MR) is 66.5 cm³/mol. The molecule has 18 heavy (non-hydrogen) atoms. The third-order valence-corrected chi connectivity index (χ3v) is 4.62. The number of sulfone groups is 1. The van der Waals surface area contributed by atoms with Crippen LogP contribution in [0.25, 0.3) is 11.5 Å². The van der Waals surface area contributed by atoms with E-state index in [4.69, 9.17) is 10.2 Å². The van der Waals surface area contributed by atoms with E-state index >= 15 is 0 Å². The maximum absolute atomic E-state index is 12.0. The first-order valence-electron chi connectivity index (χ1n) is 5.34. The molecule has 96 valence electrons. The normalized spacial score (nSPS) is 11.9. The van der Waals surface area contributed by atoms with Crippen LogP contribution in [0.4, 0.5) is 6.01 Å². The molecular weight excluding hydrogens is 254 g/mol. The molecule has 0 radical (unpaired) electrons. The number of nitrogens with zero attached hydrogens (tertiary/aromatic N) is 2. The van der Waals surface area contributed by atoms with Crippen LogP contribution in [0.2, 0.25) is 0 Å². The zero-order valence-electron chi connectivity index (χ0n) is 9.99. The number of hydrogen-bond acceptors (Lipinski definition) is 6. The third-order valence-electron chi connectivity index (χ3n) is 2.47. The van der Waals surface area contributed by atoms with E-state index in [0.29, 0.717) is 5.56 Å². The lowest BCUT2D eigenvalue weighted by Gasteiger charge is -2.08. The van der Waals surface area contributed by atoms with Gasteiger partial charge in [-0.05, 0) is 32.0 Å². The van der Waals surface area contributed by atoms with Crippen LogP contribution in [0.3, 0.4) is 0 Å². The molecule has 0 saturated heterocycles. The number of aromatic nitrogens is 2. The van der Waals surface area contributed by atoms with E-state index in [-0.39, 0.29) is 16.8 Å². The minimum atomic E-state index is -3.32. The van der Waals surface area contributed by atoms with Crippen molar-refractivity contribution in [2.24, 2.45) is 0 Å². The van der Waals surface area contributed by atoms with Crippen LogP contribution in [0, 0.1) is 0 Å². The minimum Gasteiger partial charge on any atom is -0.404 e. The van der Waals surface area contributed by atoms with Gasteiger partial charge >= 0.3 is 6.01 Å². The standard InChI is InChI=1S/C11H13N3O3S/c1-7(2)18(15,16)9-5-3-4-8(6-9)10-13-14-11(12)17-10/h3-7H,1-2H3,(H2,12,14). The summed E-state index contributed by atoms with van der Waals surface area (Å²) in [5.41, 5.74) is 5.86. The summed E-state index contributed by atoms with van der Waals surface area (Å²) in [6.07, 6.45) is 0. The van der Waals surface area contributed by atoms with Crippen LogP contribution >= 0.6 is 0 Å². The molecule has 0 aliphatic heterocycles. The van der Waals surface area contributed by atoms with E-state index in [9.17, 15) is 8.42 Å². The molecule has 1 heterocycles. The molecule has 0 fully saturated rings. The van der Waals surface area contributed by atoms with E-state index in [1.165, 1.54) is 6.07 Å². The number of nitrogen functional groups attached to an aromatic ring is 1. The summed E-state index contributed by atoms with van der Waals surface area (Å²) in [4.78, 5) is 0.228. The molecule has 7 heteroatoms. The third kappa shape index (κ3) is 2.21. The van der Waals surface area contributed by atoms with Crippen LogP contribution in [-0.4, -0.2) is 23.9 Å². The van der Waals surface area contributed by atoms with Crippen molar-refractivity contribution in [3.63, 3.8) is 0 Å². The van der Waals surface area contributed by atoms with Gasteiger partial charge in [-0.1, -0.05) is 11.2 Å². The summed E-state index contributed by atoms with van der Waals surface area (Å²) in [7, 11) is -3.32. The molecule has 0 bridgehead atoms. The van der Waals surface area contributed by atoms with Crippen molar-refractivity contribution in [1.82, 2.24) is 10.2 Å². The van der Waals surface area contributed by atoms with Gasteiger partial charge < -0.3 is 10.2 Å². The van der Waals surface area contributed by atoms with Crippen LogP contribution in [0.15, 0.2) is 33.6 Å². The summed E-state index contributed by atoms with van der Waals surface area (Å²) < 4.78 is 29.1. The second-order valence-corrected chi connectivity index (χ2v) is 6.57. The SMILES string of the molecule is CC(C)S(=O)(=O)c1cccc(-c2nnc(N)o2)c1. The summed E-state index contributed by atoms with van der Waals surface area (Å²) in [6, 6.07) is 6.31. The zero-order chi connectivity index (χ0) is 13.3. The molecule has 6 nitrogen and oxygen atoms in total. The summed E-state index contributed by atoms with van der Waals surface area (Å²) in [5.74, 6) is 0.202. The van der Waals surface area contributed by atoms with Gasteiger partial charge in [-0.2, -0.15) is 0 Å². The van der Waals surface area contributed by atoms with Crippen LogP contribution in [-0.2, 0) is 9.84 Å². The Bertz CT molecular complexity index is 662. The lowest BCUT2D eigenvalue weighted by Crippen LogP contribution is -2.13. The zero-order valence-corrected chi connectivity index (χ0v) is 10.8. The lowest BCUT2D eigenvalue weighted by atomic mass is 10.2. The van der Waals surface area contributed by atoms with E-state index in [1.54, 1.807) is 32.0 Å². The van der Waals surface area contributed by atoms with E-state index in [0.717, 1.165) is 0 Å². The van der Waals surface area contributed by atoms with E-state index in [2.05, 4.69) is 10.2 Å². The van der Waals surface area contributed by atoms with Crippen molar-refractivity contribution in [1.29, 1.82) is 0 Å². The fourth-order valence-electron chi connectivity index (χ4n) is 1.43. The Morgan fingerprint density at radius 3 is 2.56 bits per heavy atom. The molecule has 0 aliphatic carbocycles. The van der Waals surface area contributed by atoms with Crippen molar-refractivity contribution in [3.05, 3.63) is 24.3 Å². The average molecular weight is 267 g/mol. The fourth-order valence-corrected chi connectivity index (χ4v) is 2.53.